The van der Waals surface area contributed by atoms with E-state index in [9.17, 15) is 4.79 Å². The Morgan fingerprint density at radius 1 is 1.27 bits per heavy atom. The first-order chi connectivity index (χ1) is 10.4. The van der Waals surface area contributed by atoms with Crippen molar-refractivity contribution < 1.29 is 9.53 Å². The highest BCUT2D eigenvalue weighted by Gasteiger charge is 2.21. The van der Waals surface area contributed by atoms with Crippen LogP contribution in [0.5, 0.6) is 0 Å². The number of amides is 1. The van der Waals surface area contributed by atoms with E-state index < -0.39 is 0 Å². The standard InChI is InChI=1S/C18H24N2O2/c1-13(2)22-12-18(3,4)20-17(21)11-14-7-5-9-16-15(14)8-6-10-19-16/h5-10,13H,11-12H2,1-4H3,(H,20,21). The van der Waals surface area contributed by atoms with Crippen LogP contribution in [-0.4, -0.2) is 29.1 Å². The first-order valence-electron chi connectivity index (χ1n) is 7.63. The van der Waals surface area contributed by atoms with Crippen LogP contribution in [-0.2, 0) is 16.0 Å². The average molecular weight is 300 g/mol. The first-order valence-corrected chi connectivity index (χ1v) is 7.63. The van der Waals surface area contributed by atoms with E-state index in [1.807, 2.05) is 58.0 Å². The topological polar surface area (TPSA) is 51.2 Å². The fourth-order valence-electron chi connectivity index (χ4n) is 2.33. The minimum Gasteiger partial charge on any atom is -0.376 e. The van der Waals surface area contributed by atoms with Gasteiger partial charge in [0, 0.05) is 11.6 Å². The summed E-state index contributed by atoms with van der Waals surface area (Å²) in [6.07, 6.45) is 2.26. The third kappa shape index (κ3) is 4.53. The van der Waals surface area contributed by atoms with Crippen molar-refractivity contribution in [3.8, 4) is 0 Å². The van der Waals surface area contributed by atoms with Gasteiger partial charge in [-0.25, -0.2) is 0 Å². The first kappa shape index (κ1) is 16.4. The molecule has 0 spiro atoms. The maximum Gasteiger partial charge on any atom is 0.224 e. The van der Waals surface area contributed by atoms with Crippen LogP contribution in [0.2, 0.25) is 0 Å². The van der Waals surface area contributed by atoms with Crippen LogP contribution in [0.1, 0.15) is 33.3 Å². The molecular weight excluding hydrogens is 276 g/mol. The molecule has 4 nitrogen and oxygen atoms in total. The zero-order valence-corrected chi connectivity index (χ0v) is 13.7. The molecule has 0 bridgehead atoms. The van der Waals surface area contributed by atoms with Gasteiger partial charge in [0.05, 0.1) is 30.2 Å². The summed E-state index contributed by atoms with van der Waals surface area (Å²) in [6.45, 7) is 8.41. The smallest absolute Gasteiger partial charge is 0.224 e. The number of aromatic nitrogens is 1. The van der Waals surface area contributed by atoms with E-state index in [1.165, 1.54) is 0 Å². The molecule has 118 valence electrons. The largest absolute Gasteiger partial charge is 0.376 e. The highest BCUT2D eigenvalue weighted by molar-refractivity contribution is 5.88. The number of hydrogen-bond acceptors (Lipinski definition) is 3. The molecule has 0 saturated heterocycles. The maximum absolute atomic E-state index is 12.3. The molecule has 1 aromatic heterocycles. The van der Waals surface area contributed by atoms with Crippen molar-refractivity contribution in [1.29, 1.82) is 0 Å². The Labute approximate surface area is 131 Å². The lowest BCUT2D eigenvalue weighted by Crippen LogP contribution is -2.48. The molecule has 4 heteroatoms. The summed E-state index contributed by atoms with van der Waals surface area (Å²) in [6, 6.07) is 9.76. The molecule has 0 fully saturated rings. The summed E-state index contributed by atoms with van der Waals surface area (Å²) in [5, 5.41) is 4.06. The Bertz CT molecular complexity index is 645. The summed E-state index contributed by atoms with van der Waals surface area (Å²) >= 11 is 0. The number of nitrogens with zero attached hydrogens (tertiary/aromatic N) is 1. The van der Waals surface area contributed by atoms with Crippen LogP contribution in [0, 0.1) is 0 Å². The van der Waals surface area contributed by atoms with E-state index in [0.29, 0.717) is 13.0 Å². The molecule has 2 rings (SSSR count). The predicted molar refractivity (Wildman–Crippen MR) is 88.8 cm³/mol. The zero-order valence-electron chi connectivity index (χ0n) is 13.7. The van der Waals surface area contributed by atoms with E-state index in [0.717, 1.165) is 16.5 Å². The normalized spacial score (nSPS) is 11.9. The summed E-state index contributed by atoms with van der Waals surface area (Å²) < 4.78 is 5.60. The summed E-state index contributed by atoms with van der Waals surface area (Å²) in [5.41, 5.74) is 1.52. The van der Waals surface area contributed by atoms with Crippen molar-refractivity contribution in [2.45, 2.75) is 45.8 Å². The van der Waals surface area contributed by atoms with Gasteiger partial charge in [-0.3, -0.25) is 9.78 Å². The van der Waals surface area contributed by atoms with Gasteiger partial charge in [0.25, 0.3) is 0 Å². The number of benzene rings is 1. The fourth-order valence-corrected chi connectivity index (χ4v) is 2.33. The minimum atomic E-state index is -0.385. The molecule has 0 atom stereocenters. The second kappa shape index (κ2) is 6.88. The van der Waals surface area contributed by atoms with Crippen molar-refractivity contribution in [2.24, 2.45) is 0 Å². The molecule has 0 aliphatic rings. The lowest BCUT2D eigenvalue weighted by Gasteiger charge is -2.27. The van der Waals surface area contributed by atoms with Gasteiger partial charge in [0.1, 0.15) is 0 Å². The van der Waals surface area contributed by atoms with Crippen LogP contribution in [0.3, 0.4) is 0 Å². The Morgan fingerprint density at radius 3 is 2.77 bits per heavy atom. The number of hydrogen-bond donors (Lipinski definition) is 1. The van der Waals surface area contributed by atoms with Gasteiger partial charge >= 0.3 is 0 Å². The Kier molecular flexibility index (Phi) is 5.14. The van der Waals surface area contributed by atoms with Gasteiger partial charge in [-0.15, -0.1) is 0 Å². The molecule has 0 aliphatic carbocycles. The van der Waals surface area contributed by atoms with Gasteiger partial charge in [-0.05, 0) is 45.4 Å². The molecule has 0 unspecified atom stereocenters. The Balaban J connectivity index is 2.05. The van der Waals surface area contributed by atoms with Crippen molar-refractivity contribution in [3.63, 3.8) is 0 Å². The molecule has 22 heavy (non-hydrogen) atoms. The second-order valence-corrected chi connectivity index (χ2v) is 6.46. The molecule has 1 amide bonds. The van der Waals surface area contributed by atoms with Crippen LogP contribution in [0.15, 0.2) is 36.5 Å². The number of pyridine rings is 1. The average Bonchev–Trinajstić information content (AvgIpc) is 2.45. The fraction of sp³-hybridized carbons (Fsp3) is 0.444. The third-order valence-corrected chi connectivity index (χ3v) is 3.34. The lowest BCUT2D eigenvalue weighted by atomic mass is 10.0. The van der Waals surface area contributed by atoms with E-state index in [2.05, 4.69) is 10.3 Å². The quantitative estimate of drug-likeness (QED) is 0.892. The van der Waals surface area contributed by atoms with E-state index in [-0.39, 0.29) is 17.6 Å². The minimum absolute atomic E-state index is 0.00582. The van der Waals surface area contributed by atoms with Crippen LogP contribution in [0.4, 0.5) is 0 Å². The third-order valence-electron chi connectivity index (χ3n) is 3.34. The number of ether oxygens (including phenoxy) is 1. The van der Waals surface area contributed by atoms with Crippen molar-refractivity contribution >= 4 is 16.8 Å². The molecular formula is C18H24N2O2. The highest BCUT2D eigenvalue weighted by atomic mass is 16.5. The van der Waals surface area contributed by atoms with Gasteiger partial charge in [0.2, 0.25) is 5.91 Å². The van der Waals surface area contributed by atoms with Crippen molar-refractivity contribution in [3.05, 3.63) is 42.1 Å². The molecule has 0 aliphatic heterocycles. The highest BCUT2D eigenvalue weighted by Crippen LogP contribution is 2.17. The second-order valence-electron chi connectivity index (χ2n) is 6.46. The number of nitrogens with one attached hydrogen (secondary N) is 1. The van der Waals surface area contributed by atoms with Crippen LogP contribution >= 0.6 is 0 Å². The number of rotatable bonds is 6. The number of fused-ring (bicyclic) bond motifs is 1. The maximum atomic E-state index is 12.3. The van der Waals surface area contributed by atoms with Gasteiger partial charge in [0.15, 0.2) is 0 Å². The van der Waals surface area contributed by atoms with E-state index in [1.54, 1.807) is 6.20 Å². The summed E-state index contributed by atoms with van der Waals surface area (Å²) in [5.74, 6) is -0.00582. The molecule has 1 aromatic carbocycles. The molecule has 2 aromatic rings. The lowest BCUT2D eigenvalue weighted by molar-refractivity contribution is -0.123. The van der Waals surface area contributed by atoms with Crippen molar-refractivity contribution in [2.75, 3.05) is 6.61 Å². The molecule has 1 heterocycles. The number of carbonyl (C=O) groups excluding carboxylic acids is 1. The zero-order chi connectivity index (χ0) is 16.2. The van der Waals surface area contributed by atoms with Crippen LogP contribution < -0.4 is 5.32 Å². The summed E-state index contributed by atoms with van der Waals surface area (Å²) in [7, 11) is 0. The molecule has 1 N–H and O–H groups in total. The number of carbonyl (C=O) groups is 1. The Hall–Kier alpha value is -1.94. The summed E-state index contributed by atoms with van der Waals surface area (Å²) in [4.78, 5) is 16.7. The van der Waals surface area contributed by atoms with Gasteiger partial charge in [-0.2, -0.15) is 0 Å². The van der Waals surface area contributed by atoms with Gasteiger partial charge in [-0.1, -0.05) is 18.2 Å². The molecule has 0 saturated carbocycles. The van der Waals surface area contributed by atoms with Crippen LogP contribution in [0.25, 0.3) is 10.9 Å². The van der Waals surface area contributed by atoms with Gasteiger partial charge < -0.3 is 10.1 Å². The molecule has 0 radical (unpaired) electrons. The monoisotopic (exact) mass is 300 g/mol. The van der Waals surface area contributed by atoms with E-state index >= 15 is 0 Å². The predicted octanol–water partition coefficient (Wildman–Crippen LogP) is 3.10. The Morgan fingerprint density at radius 2 is 2.05 bits per heavy atom. The van der Waals surface area contributed by atoms with Crippen molar-refractivity contribution in [1.82, 2.24) is 10.3 Å². The van der Waals surface area contributed by atoms with E-state index in [4.69, 9.17) is 4.74 Å². The SMILES string of the molecule is CC(C)OCC(C)(C)NC(=O)Cc1cccc2ncccc12.